The average molecular weight is 472 g/mol. The summed E-state index contributed by atoms with van der Waals surface area (Å²) < 4.78 is 21.4. The molecule has 35 heavy (non-hydrogen) atoms. The van der Waals surface area contributed by atoms with E-state index in [4.69, 9.17) is 18.3 Å². The topological polar surface area (TPSA) is 111 Å². The summed E-state index contributed by atoms with van der Waals surface area (Å²) in [4.78, 5) is 40.3. The maximum atomic E-state index is 13.5. The van der Waals surface area contributed by atoms with Gasteiger partial charge >= 0.3 is 0 Å². The van der Waals surface area contributed by atoms with Gasteiger partial charge in [-0.25, -0.2) is 0 Å². The molecule has 2 aromatic carbocycles. The number of imide groups is 1. The first-order chi connectivity index (χ1) is 17.0. The van der Waals surface area contributed by atoms with E-state index in [0.717, 1.165) is 4.90 Å². The summed E-state index contributed by atoms with van der Waals surface area (Å²) >= 11 is 0. The molecule has 3 heterocycles. The van der Waals surface area contributed by atoms with Gasteiger partial charge < -0.3 is 23.6 Å². The molecule has 9 heteroatoms. The van der Waals surface area contributed by atoms with E-state index in [0.29, 0.717) is 28.2 Å². The summed E-state index contributed by atoms with van der Waals surface area (Å²) in [5.74, 6) is -0.538. The molecule has 176 valence electrons. The lowest BCUT2D eigenvalue weighted by molar-refractivity contribution is 0.0611. The van der Waals surface area contributed by atoms with Crippen molar-refractivity contribution in [2.45, 2.75) is 6.54 Å². The Morgan fingerprint density at radius 2 is 1.63 bits per heavy atom. The fraction of sp³-hybridized carbons (Fsp3) is 0.115. The zero-order chi connectivity index (χ0) is 24.5. The van der Waals surface area contributed by atoms with Gasteiger partial charge in [0.05, 0.1) is 44.5 Å². The van der Waals surface area contributed by atoms with E-state index < -0.39 is 17.7 Å². The molecule has 0 fully saturated rings. The summed E-state index contributed by atoms with van der Waals surface area (Å²) in [6, 6.07) is 14.9. The van der Waals surface area contributed by atoms with E-state index in [1.165, 1.54) is 38.9 Å². The number of anilines is 1. The number of methoxy groups -OCH3 is 2. The number of hydrogen-bond acceptors (Lipinski definition) is 7. The average Bonchev–Trinajstić information content (AvgIpc) is 3.65. The van der Waals surface area contributed by atoms with Crippen LogP contribution in [0.5, 0.6) is 11.5 Å². The summed E-state index contributed by atoms with van der Waals surface area (Å²) in [6.45, 7) is -0.0200. The Morgan fingerprint density at radius 3 is 2.29 bits per heavy atom. The second-order valence-electron chi connectivity index (χ2n) is 7.66. The molecular formula is C26H20N2O7. The first-order valence-electron chi connectivity index (χ1n) is 10.6. The number of furan rings is 2. The quantitative estimate of drug-likeness (QED) is 0.408. The molecule has 0 unspecified atom stereocenters. The minimum absolute atomic E-state index is 0.0200. The predicted molar refractivity (Wildman–Crippen MR) is 125 cm³/mol. The van der Waals surface area contributed by atoms with Crippen LogP contribution in [0, 0.1) is 0 Å². The Labute approximate surface area is 199 Å². The number of carbonyl (C=O) groups excluding carboxylic acids is 3. The van der Waals surface area contributed by atoms with Crippen LogP contribution >= 0.6 is 0 Å². The van der Waals surface area contributed by atoms with Crippen molar-refractivity contribution in [3.63, 3.8) is 0 Å². The highest BCUT2D eigenvalue weighted by Gasteiger charge is 2.38. The Balaban J connectivity index is 1.64. The molecule has 0 aliphatic carbocycles. The van der Waals surface area contributed by atoms with Gasteiger partial charge in [0.1, 0.15) is 0 Å². The number of ether oxygens (including phenoxy) is 2. The van der Waals surface area contributed by atoms with E-state index in [9.17, 15) is 14.4 Å². The molecule has 0 bridgehead atoms. The third-order valence-corrected chi connectivity index (χ3v) is 5.75. The van der Waals surface area contributed by atoms with Crippen LogP contribution in [0.15, 0.2) is 76.0 Å². The van der Waals surface area contributed by atoms with Gasteiger partial charge in [0.25, 0.3) is 17.7 Å². The fourth-order valence-electron chi connectivity index (χ4n) is 4.17. The van der Waals surface area contributed by atoms with Gasteiger partial charge in [0, 0.05) is 5.56 Å². The van der Waals surface area contributed by atoms with Gasteiger partial charge in [-0.05, 0) is 47.5 Å². The third kappa shape index (κ3) is 3.72. The van der Waals surface area contributed by atoms with E-state index in [1.807, 2.05) is 6.07 Å². The zero-order valence-corrected chi connectivity index (χ0v) is 18.9. The maximum Gasteiger partial charge on any atom is 0.296 e. The number of carbonyl (C=O) groups is 3. The van der Waals surface area contributed by atoms with Crippen molar-refractivity contribution in [1.82, 2.24) is 4.90 Å². The van der Waals surface area contributed by atoms with E-state index in [1.54, 1.807) is 36.4 Å². The smallest absolute Gasteiger partial charge is 0.296 e. The lowest BCUT2D eigenvalue weighted by Gasteiger charge is -2.16. The number of nitrogens with zero attached hydrogens (tertiary/aromatic N) is 1. The lowest BCUT2D eigenvalue weighted by Crippen LogP contribution is -2.31. The van der Waals surface area contributed by atoms with Gasteiger partial charge in [-0.3, -0.25) is 19.3 Å². The van der Waals surface area contributed by atoms with E-state index in [-0.39, 0.29) is 29.3 Å². The summed E-state index contributed by atoms with van der Waals surface area (Å²) in [7, 11) is 3.06. The standard InChI is InChI=1S/C26H20N2O7/c1-32-19-7-3-6-16(23(19)33-2)15-10-11-18(27-24(29)20-8-4-12-34-20)22-17(15)14-28(26(22)31)25(30)21-9-5-13-35-21/h3-13H,14H2,1-2H3,(H,27,29). The van der Waals surface area contributed by atoms with Crippen molar-refractivity contribution >= 4 is 23.4 Å². The molecule has 1 N–H and O–H groups in total. The van der Waals surface area contributed by atoms with Crippen LogP contribution in [-0.4, -0.2) is 36.8 Å². The van der Waals surface area contributed by atoms with Gasteiger partial charge in [0.2, 0.25) is 0 Å². The molecule has 0 atom stereocenters. The van der Waals surface area contributed by atoms with Crippen molar-refractivity contribution in [3.8, 4) is 22.6 Å². The Kier molecular flexibility index (Phi) is 5.58. The highest BCUT2D eigenvalue weighted by atomic mass is 16.5. The van der Waals surface area contributed by atoms with Crippen LogP contribution in [0.4, 0.5) is 5.69 Å². The molecule has 0 spiro atoms. The number of rotatable bonds is 6. The number of fused-ring (bicyclic) bond motifs is 1. The highest BCUT2D eigenvalue weighted by Crippen LogP contribution is 2.44. The molecule has 0 saturated carbocycles. The molecule has 2 aromatic heterocycles. The van der Waals surface area contributed by atoms with Gasteiger partial charge in [-0.2, -0.15) is 0 Å². The second kappa shape index (κ2) is 8.86. The highest BCUT2D eigenvalue weighted by molar-refractivity contribution is 6.17. The number of nitrogens with one attached hydrogen (secondary N) is 1. The molecule has 1 aliphatic rings. The lowest BCUT2D eigenvalue weighted by atomic mass is 9.94. The minimum atomic E-state index is -0.580. The maximum absolute atomic E-state index is 13.5. The molecule has 0 radical (unpaired) electrons. The molecule has 3 amide bonds. The first-order valence-corrected chi connectivity index (χ1v) is 10.6. The monoisotopic (exact) mass is 472 g/mol. The van der Waals surface area contributed by atoms with Crippen LogP contribution in [0.1, 0.15) is 37.0 Å². The fourth-order valence-corrected chi connectivity index (χ4v) is 4.17. The largest absolute Gasteiger partial charge is 0.493 e. The second-order valence-corrected chi connectivity index (χ2v) is 7.66. The third-order valence-electron chi connectivity index (χ3n) is 5.75. The summed E-state index contributed by atoms with van der Waals surface area (Å²) in [6.07, 6.45) is 2.74. The SMILES string of the molecule is COc1cccc(-c2ccc(NC(=O)c3ccco3)c3c2CN(C(=O)c2ccco2)C3=O)c1OC. The Morgan fingerprint density at radius 1 is 0.886 bits per heavy atom. The van der Waals surface area contributed by atoms with Crippen LogP contribution in [0.2, 0.25) is 0 Å². The normalized spacial score (nSPS) is 12.4. The molecular weight excluding hydrogens is 452 g/mol. The Bertz CT molecular complexity index is 1420. The van der Waals surface area contributed by atoms with Crippen molar-refractivity contribution < 1.29 is 32.7 Å². The number of hydrogen-bond donors (Lipinski definition) is 1. The minimum Gasteiger partial charge on any atom is -0.493 e. The van der Waals surface area contributed by atoms with Gasteiger partial charge in [-0.15, -0.1) is 0 Å². The predicted octanol–water partition coefficient (Wildman–Crippen LogP) is 4.61. The van der Waals surface area contributed by atoms with Gasteiger partial charge in [0.15, 0.2) is 23.0 Å². The van der Waals surface area contributed by atoms with Crippen LogP contribution in [0.25, 0.3) is 11.1 Å². The molecule has 4 aromatic rings. The van der Waals surface area contributed by atoms with Crippen LogP contribution in [-0.2, 0) is 6.54 Å². The van der Waals surface area contributed by atoms with Crippen molar-refractivity contribution in [2.75, 3.05) is 19.5 Å². The Hall–Kier alpha value is -4.79. The first kappa shape index (κ1) is 22.0. The molecule has 1 aliphatic heterocycles. The zero-order valence-electron chi connectivity index (χ0n) is 18.9. The van der Waals surface area contributed by atoms with Gasteiger partial charge in [-0.1, -0.05) is 18.2 Å². The summed E-state index contributed by atoms with van der Waals surface area (Å²) in [5.41, 5.74) is 2.35. The number of amides is 3. The van der Waals surface area contributed by atoms with Crippen LogP contribution in [0.3, 0.4) is 0 Å². The van der Waals surface area contributed by atoms with Crippen LogP contribution < -0.4 is 14.8 Å². The van der Waals surface area contributed by atoms with E-state index >= 15 is 0 Å². The molecule has 5 rings (SSSR count). The van der Waals surface area contributed by atoms with Crippen molar-refractivity contribution in [2.24, 2.45) is 0 Å². The number of para-hydroxylation sites is 1. The summed E-state index contributed by atoms with van der Waals surface area (Å²) in [5, 5.41) is 2.73. The van der Waals surface area contributed by atoms with Crippen molar-refractivity contribution in [3.05, 3.63) is 89.8 Å². The van der Waals surface area contributed by atoms with Crippen molar-refractivity contribution in [1.29, 1.82) is 0 Å². The number of benzene rings is 2. The molecule has 9 nitrogen and oxygen atoms in total. The van der Waals surface area contributed by atoms with E-state index in [2.05, 4.69) is 5.32 Å². The molecule has 0 saturated heterocycles.